The van der Waals surface area contributed by atoms with E-state index in [0.29, 0.717) is 0 Å². The quantitative estimate of drug-likeness (QED) is 0.178. The number of aromatic nitrogens is 1. The number of hydrogen-bond acceptors (Lipinski definition) is 3. The Morgan fingerprint density at radius 3 is 1.84 bits per heavy atom. The van der Waals surface area contributed by atoms with Crippen molar-refractivity contribution in [1.82, 2.24) is 4.57 Å². The lowest BCUT2D eigenvalue weighted by Gasteiger charge is -2.27. The highest BCUT2D eigenvalue weighted by molar-refractivity contribution is 6.20. The van der Waals surface area contributed by atoms with E-state index in [-0.39, 0.29) is 0 Å². The van der Waals surface area contributed by atoms with Crippen LogP contribution in [-0.2, 0) is 0 Å². The summed E-state index contributed by atoms with van der Waals surface area (Å²) in [6.45, 7) is 0. The molecule has 0 amide bonds. The molecule has 0 unspecified atom stereocenters. The number of fused-ring (bicyclic) bond motifs is 11. The number of furan rings is 2. The molecule has 3 heterocycles. The van der Waals surface area contributed by atoms with Gasteiger partial charge in [0.25, 0.3) is 0 Å². The maximum Gasteiger partial charge on any atom is 0.143 e. The zero-order chi connectivity index (χ0) is 36.7. The largest absolute Gasteiger partial charge is 0.456 e. The van der Waals surface area contributed by atoms with E-state index in [9.17, 15) is 0 Å². The van der Waals surface area contributed by atoms with Crippen molar-refractivity contribution >= 4 is 93.5 Å². The third-order valence-corrected chi connectivity index (χ3v) is 11.4. The number of benzene rings is 9. The molecule has 3 aromatic heterocycles. The van der Waals surface area contributed by atoms with E-state index >= 15 is 0 Å². The molecular weight excluding hydrogens is 685 g/mol. The van der Waals surface area contributed by atoms with Crippen LogP contribution in [0.4, 0.5) is 17.1 Å². The van der Waals surface area contributed by atoms with Gasteiger partial charge in [-0.1, -0.05) is 121 Å². The lowest BCUT2D eigenvalue weighted by Crippen LogP contribution is -2.11. The van der Waals surface area contributed by atoms with Crippen molar-refractivity contribution in [1.29, 1.82) is 0 Å². The van der Waals surface area contributed by atoms with E-state index in [2.05, 4.69) is 191 Å². The van der Waals surface area contributed by atoms with Crippen LogP contribution < -0.4 is 4.90 Å². The van der Waals surface area contributed by atoms with Crippen molar-refractivity contribution in [3.8, 4) is 16.8 Å². The summed E-state index contributed by atoms with van der Waals surface area (Å²) >= 11 is 0. The van der Waals surface area contributed by atoms with Gasteiger partial charge in [-0.05, 0) is 89.3 Å². The van der Waals surface area contributed by atoms with E-state index in [0.717, 1.165) is 88.5 Å². The third-order valence-electron chi connectivity index (χ3n) is 11.4. The van der Waals surface area contributed by atoms with E-state index < -0.39 is 0 Å². The molecule has 0 aliphatic carbocycles. The van der Waals surface area contributed by atoms with Gasteiger partial charge in [-0.25, -0.2) is 0 Å². The SMILES string of the molecule is c1cc(-c2cccc3oc4ccccc4c23)cc(N(c2cccc(-n3c4ccccc4c4ccccc43)c2)c2cccc3oc4c5ccccc5ccc4c23)c1. The van der Waals surface area contributed by atoms with Crippen LogP contribution in [0.1, 0.15) is 0 Å². The van der Waals surface area contributed by atoms with Gasteiger partial charge < -0.3 is 18.3 Å². The number of rotatable bonds is 5. The first-order valence-corrected chi connectivity index (χ1v) is 19.0. The fourth-order valence-corrected chi connectivity index (χ4v) is 8.95. The maximum absolute atomic E-state index is 6.74. The van der Waals surface area contributed by atoms with Gasteiger partial charge >= 0.3 is 0 Å². The molecule has 0 N–H and O–H groups in total. The third kappa shape index (κ3) is 4.53. The summed E-state index contributed by atoms with van der Waals surface area (Å²) in [6.07, 6.45) is 0. The van der Waals surface area contributed by atoms with Gasteiger partial charge in [0.05, 0.1) is 22.1 Å². The second kappa shape index (κ2) is 12.0. The maximum atomic E-state index is 6.74. The molecular formula is C52H32N2O2. The molecule has 12 aromatic rings. The van der Waals surface area contributed by atoms with Crippen LogP contribution in [0.25, 0.3) is 93.3 Å². The molecule has 0 saturated carbocycles. The van der Waals surface area contributed by atoms with Crippen molar-refractivity contribution in [3.05, 3.63) is 194 Å². The first-order valence-electron chi connectivity index (χ1n) is 19.0. The number of para-hydroxylation sites is 3. The highest BCUT2D eigenvalue weighted by atomic mass is 16.3. The summed E-state index contributed by atoms with van der Waals surface area (Å²) < 4.78 is 15.4. The average Bonchev–Trinajstić information content (AvgIpc) is 3.94. The number of nitrogens with zero attached hydrogens (tertiary/aromatic N) is 2. The molecule has 12 rings (SSSR count). The lowest BCUT2D eigenvalue weighted by atomic mass is 9.98. The van der Waals surface area contributed by atoms with Crippen LogP contribution in [0.2, 0.25) is 0 Å². The van der Waals surface area contributed by atoms with Gasteiger partial charge in [0.2, 0.25) is 0 Å². The zero-order valence-electron chi connectivity index (χ0n) is 30.2. The summed E-state index contributed by atoms with van der Waals surface area (Å²) in [5.41, 5.74) is 12.3. The smallest absolute Gasteiger partial charge is 0.143 e. The number of anilines is 3. The second-order valence-corrected chi connectivity index (χ2v) is 14.5. The molecule has 4 heteroatoms. The van der Waals surface area contributed by atoms with E-state index in [1.165, 1.54) is 21.8 Å². The van der Waals surface area contributed by atoms with Crippen LogP contribution in [0, 0.1) is 0 Å². The normalized spacial score (nSPS) is 11.9. The minimum Gasteiger partial charge on any atom is -0.456 e. The Balaban J connectivity index is 1.13. The molecule has 0 aliphatic rings. The summed E-state index contributed by atoms with van der Waals surface area (Å²) in [7, 11) is 0. The summed E-state index contributed by atoms with van der Waals surface area (Å²) in [6, 6.07) is 69.0. The predicted molar refractivity (Wildman–Crippen MR) is 233 cm³/mol. The topological polar surface area (TPSA) is 34.5 Å². The molecule has 0 bridgehead atoms. The minimum absolute atomic E-state index is 0.850. The highest BCUT2D eigenvalue weighted by Gasteiger charge is 2.22. The van der Waals surface area contributed by atoms with E-state index in [4.69, 9.17) is 8.83 Å². The van der Waals surface area contributed by atoms with Crippen LogP contribution in [0.5, 0.6) is 0 Å². The van der Waals surface area contributed by atoms with Crippen LogP contribution in [0.15, 0.2) is 203 Å². The first-order chi connectivity index (χ1) is 27.8. The van der Waals surface area contributed by atoms with Gasteiger partial charge in [0.1, 0.15) is 22.3 Å². The fraction of sp³-hybridized carbons (Fsp3) is 0. The van der Waals surface area contributed by atoms with Gasteiger partial charge in [-0.2, -0.15) is 0 Å². The fourth-order valence-electron chi connectivity index (χ4n) is 8.95. The summed E-state index contributed by atoms with van der Waals surface area (Å²) in [5.74, 6) is 0. The van der Waals surface area contributed by atoms with E-state index in [1.807, 2.05) is 12.1 Å². The Bertz CT molecular complexity index is 3460. The van der Waals surface area contributed by atoms with Crippen molar-refractivity contribution < 1.29 is 8.83 Å². The van der Waals surface area contributed by atoms with Crippen LogP contribution in [-0.4, -0.2) is 4.57 Å². The second-order valence-electron chi connectivity index (χ2n) is 14.5. The molecule has 0 saturated heterocycles. The van der Waals surface area contributed by atoms with E-state index in [1.54, 1.807) is 0 Å². The van der Waals surface area contributed by atoms with Crippen molar-refractivity contribution in [3.63, 3.8) is 0 Å². The Labute approximate surface area is 321 Å². The highest BCUT2D eigenvalue weighted by Crippen LogP contribution is 2.46. The Morgan fingerprint density at radius 1 is 0.393 bits per heavy atom. The summed E-state index contributed by atoms with van der Waals surface area (Å²) in [4.78, 5) is 2.39. The lowest BCUT2D eigenvalue weighted by molar-refractivity contribution is 0.669. The van der Waals surface area contributed by atoms with Crippen LogP contribution >= 0.6 is 0 Å². The van der Waals surface area contributed by atoms with Crippen molar-refractivity contribution in [2.24, 2.45) is 0 Å². The zero-order valence-corrected chi connectivity index (χ0v) is 30.2. The first kappa shape index (κ1) is 30.9. The molecule has 262 valence electrons. The predicted octanol–water partition coefficient (Wildman–Crippen LogP) is 14.9. The molecule has 0 aliphatic heterocycles. The van der Waals surface area contributed by atoms with Crippen molar-refractivity contribution in [2.75, 3.05) is 4.90 Å². The van der Waals surface area contributed by atoms with Crippen LogP contribution in [0.3, 0.4) is 0 Å². The Kier molecular flexibility index (Phi) is 6.60. The van der Waals surface area contributed by atoms with Gasteiger partial charge in [0, 0.05) is 49.4 Å². The molecule has 9 aromatic carbocycles. The van der Waals surface area contributed by atoms with Gasteiger partial charge in [-0.15, -0.1) is 0 Å². The standard InChI is InChI=1S/C52H32N2O2/c1-2-18-39-33(13-1)29-30-43-51-46(25-12-28-49(51)56-52(39)43)53(35-15-9-14-34(31-35)38-22-11-27-48-50(38)42-21-5-8-26-47(42)55-48)36-16-10-17-37(32-36)54-44-23-6-3-19-40(44)41-20-4-7-24-45(41)54/h1-32H. The molecule has 0 radical (unpaired) electrons. The Hall–Kier alpha value is -7.56. The summed E-state index contributed by atoms with van der Waals surface area (Å²) in [5, 5.41) is 9.13. The minimum atomic E-state index is 0.850. The molecule has 0 atom stereocenters. The monoisotopic (exact) mass is 716 g/mol. The molecule has 0 fully saturated rings. The molecule has 56 heavy (non-hydrogen) atoms. The van der Waals surface area contributed by atoms with Gasteiger partial charge in [-0.3, -0.25) is 0 Å². The molecule has 0 spiro atoms. The molecule has 4 nitrogen and oxygen atoms in total. The van der Waals surface area contributed by atoms with Gasteiger partial charge in [0.15, 0.2) is 0 Å². The Morgan fingerprint density at radius 2 is 1.02 bits per heavy atom. The number of hydrogen-bond donors (Lipinski definition) is 0. The average molecular weight is 717 g/mol. The van der Waals surface area contributed by atoms with Crippen molar-refractivity contribution in [2.45, 2.75) is 0 Å².